The second-order valence-corrected chi connectivity index (χ2v) is 4.54. The van der Waals surface area contributed by atoms with Gasteiger partial charge in [-0.2, -0.15) is 0 Å². The lowest BCUT2D eigenvalue weighted by molar-refractivity contribution is 0.0393. The Bertz CT molecular complexity index is 367. The predicted octanol–water partition coefficient (Wildman–Crippen LogP) is 0.342. The fourth-order valence-corrected chi connectivity index (χ4v) is 2.03. The lowest BCUT2D eigenvalue weighted by Gasteiger charge is -2.29. The molecular weight excluding hydrogens is 230 g/mol. The zero-order chi connectivity index (χ0) is 12.8. The van der Waals surface area contributed by atoms with Gasteiger partial charge in [-0.05, 0) is 12.1 Å². The van der Waals surface area contributed by atoms with E-state index in [-0.39, 0.29) is 6.61 Å². The number of aromatic nitrogens is 1. The summed E-state index contributed by atoms with van der Waals surface area (Å²) in [5.41, 5.74) is 1.81. The summed E-state index contributed by atoms with van der Waals surface area (Å²) in [7, 11) is 2.07. The van der Waals surface area contributed by atoms with Crippen molar-refractivity contribution in [3.63, 3.8) is 0 Å². The highest BCUT2D eigenvalue weighted by Crippen LogP contribution is 2.12. The number of anilines is 1. The third-order valence-electron chi connectivity index (χ3n) is 3.26. The van der Waals surface area contributed by atoms with Crippen LogP contribution in [0.4, 0.5) is 5.69 Å². The molecule has 0 radical (unpaired) electrons. The second-order valence-electron chi connectivity index (χ2n) is 4.54. The van der Waals surface area contributed by atoms with E-state index in [0.29, 0.717) is 5.69 Å². The molecule has 0 bridgehead atoms. The number of pyridine rings is 1. The number of morpholine rings is 1. The lowest BCUT2D eigenvalue weighted by Crippen LogP contribution is -2.40. The Morgan fingerprint density at radius 2 is 2.22 bits per heavy atom. The minimum atomic E-state index is -0.00879. The van der Waals surface area contributed by atoms with Gasteiger partial charge in [0, 0.05) is 45.1 Å². The van der Waals surface area contributed by atoms with Gasteiger partial charge in [0.05, 0.1) is 25.5 Å². The van der Waals surface area contributed by atoms with Gasteiger partial charge in [-0.1, -0.05) is 0 Å². The van der Waals surface area contributed by atoms with Crippen LogP contribution in [0.2, 0.25) is 0 Å². The number of hydrogen-bond donors (Lipinski definition) is 1. The first kappa shape index (κ1) is 13.3. The Balaban J connectivity index is 1.84. The van der Waals surface area contributed by atoms with Gasteiger partial charge in [0.2, 0.25) is 0 Å². The number of ether oxygens (including phenoxy) is 1. The van der Waals surface area contributed by atoms with E-state index in [0.717, 1.165) is 45.1 Å². The van der Waals surface area contributed by atoms with Crippen molar-refractivity contribution in [2.75, 3.05) is 51.3 Å². The fourth-order valence-electron chi connectivity index (χ4n) is 2.03. The van der Waals surface area contributed by atoms with Gasteiger partial charge in [0.1, 0.15) is 0 Å². The standard InChI is InChI=1S/C13H21N3O2/c1-15(4-5-16-6-8-18-9-7-16)13-2-3-14-12(10-13)11-17/h2-3,10,17H,4-9,11H2,1H3. The summed E-state index contributed by atoms with van der Waals surface area (Å²) in [4.78, 5) is 8.69. The molecule has 2 rings (SSSR count). The molecule has 0 amide bonds. The summed E-state index contributed by atoms with van der Waals surface area (Å²) in [6, 6.07) is 3.90. The van der Waals surface area contributed by atoms with Crippen molar-refractivity contribution < 1.29 is 9.84 Å². The minimum absolute atomic E-state index is 0.00879. The third kappa shape index (κ3) is 3.66. The van der Waals surface area contributed by atoms with E-state index in [1.807, 2.05) is 12.1 Å². The maximum atomic E-state index is 9.07. The van der Waals surface area contributed by atoms with Crippen LogP contribution in [0.15, 0.2) is 18.3 Å². The topological polar surface area (TPSA) is 48.8 Å². The van der Waals surface area contributed by atoms with Crippen molar-refractivity contribution >= 4 is 5.69 Å². The summed E-state index contributed by atoms with van der Waals surface area (Å²) in [5, 5.41) is 9.07. The molecule has 5 heteroatoms. The molecule has 0 atom stereocenters. The molecule has 0 unspecified atom stereocenters. The molecule has 0 aliphatic carbocycles. The Kier molecular flexibility index (Phi) is 4.92. The minimum Gasteiger partial charge on any atom is -0.390 e. The maximum absolute atomic E-state index is 9.07. The smallest absolute Gasteiger partial charge is 0.0853 e. The molecule has 1 aliphatic rings. The molecule has 1 aromatic rings. The van der Waals surface area contributed by atoms with Gasteiger partial charge in [-0.3, -0.25) is 9.88 Å². The fraction of sp³-hybridized carbons (Fsp3) is 0.615. The quantitative estimate of drug-likeness (QED) is 0.818. The predicted molar refractivity (Wildman–Crippen MR) is 70.7 cm³/mol. The lowest BCUT2D eigenvalue weighted by atomic mass is 10.3. The van der Waals surface area contributed by atoms with E-state index >= 15 is 0 Å². The van der Waals surface area contributed by atoms with Gasteiger partial charge in [-0.15, -0.1) is 0 Å². The zero-order valence-electron chi connectivity index (χ0n) is 10.9. The van der Waals surface area contributed by atoms with Crippen LogP contribution in [0.5, 0.6) is 0 Å². The molecule has 5 nitrogen and oxygen atoms in total. The molecule has 100 valence electrons. The van der Waals surface area contributed by atoms with Crippen LogP contribution in [-0.4, -0.2) is 61.4 Å². The number of rotatable bonds is 5. The average molecular weight is 251 g/mol. The summed E-state index contributed by atoms with van der Waals surface area (Å²) >= 11 is 0. The Hall–Kier alpha value is -1.17. The van der Waals surface area contributed by atoms with E-state index in [4.69, 9.17) is 9.84 Å². The van der Waals surface area contributed by atoms with Gasteiger partial charge < -0.3 is 14.7 Å². The highest BCUT2D eigenvalue weighted by molar-refractivity contribution is 5.45. The van der Waals surface area contributed by atoms with Crippen LogP contribution in [0, 0.1) is 0 Å². The van der Waals surface area contributed by atoms with E-state index in [1.165, 1.54) is 0 Å². The van der Waals surface area contributed by atoms with Gasteiger partial charge >= 0.3 is 0 Å². The van der Waals surface area contributed by atoms with E-state index < -0.39 is 0 Å². The highest BCUT2D eigenvalue weighted by Gasteiger charge is 2.11. The van der Waals surface area contributed by atoms with E-state index in [9.17, 15) is 0 Å². The summed E-state index contributed by atoms with van der Waals surface area (Å²) in [6.45, 7) is 5.72. The first-order valence-electron chi connectivity index (χ1n) is 6.36. The van der Waals surface area contributed by atoms with Crippen LogP contribution < -0.4 is 4.90 Å². The number of aliphatic hydroxyl groups is 1. The number of nitrogens with zero attached hydrogens (tertiary/aromatic N) is 3. The van der Waals surface area contributed by atoms with Crippen molar-refractivity contribution in [2.45, 2.75) is 6.61 Å². The Morgan fingerprint density at radius 3 is 2.94 bits per heavy atom. The number of likely N-dealkylation sites (N-methyl/N-ethyl adjacent to an activating group) is 1. The molecule has 1 saturated heterocycles. The first-order chi connectivity index (χ1) is 8.79. The van der Waals surface area contributed by atoms with Crippen LogP contribution in [0.3, 0.4) is 0 Å². The van der Waals surface area contributed by atoms with Crippen molar-refractivity contribution in [3.8, 4) is 0 Å². The Morgan fingerprint density at radius 1 is 1.44 bits per heavy atom. The second kappa shape index (κ2) is 6.68. The molecule has 2 heterocycles. The monoisotopic (exact) mass is 251 g/mol. The molecule has 1 N–H and O–H groups in total. The van der Waals surface area contributed by atoms with E-state index in [2.05, 4.69) is 21.8 Å². The molecule has 0 saturated carbocycles. The van der Waals surface area contributed by atoms with Crippen LogP contribution in [-0.2, 0) is 11.3 Å². The molecular formula is C13H21N3O2. The molecule has 1 aliphatic heterocycles. The molecule has 1 aromatic heterocycles. The summed E-state index contributed by atoms with van der Waals surface area (Å²) in [6.07, 6.45) is 1.74. The summed E-state index contributed by atoms with van der Waals surface area (Å²) < 4.78 is 5.33. The molecule has 0 aromatic carbocycles. The van der Waals surface area contributed by atoms with Crippen LogP contribution in [0.1, 0.15) is 5.69 Å². The maximum Gasteiger partial charge on any atom is 0.0853 e. The number of hydrogen-bond acceptors (Lipinski definition) is 5. The molecule has 1 fully saturated rings. The Labute approximate surface area is 108 Å². The average Bonchev–Trinajstić information content (AvgIpc) is 2.46. The molecule has 18 heavy (non-hydrogen) atoms. The highest BCUT2D eigenvalue weighted by atomic mass is 16.5. The SMILES string of the molecule is CN(CCN1CCOCC1)c1ccnc(CO)c1. The third-order valence-corrected chi connectivity index (χ3v) is 3.26. The van der Waals surface area contributed by atoms with Crippen molar-refractivity contribution in [3.05, 3.63) is 24.0 Å². The summed E-state index contributed by atoms with van der Waals surface area (Å²) in [5.74, 6) is 0. The van der Waals surface area contributed by atoms with Gasteiger partial charge in [0.15, 0.2) is 0 Å². The number of aliphatic hydroxyl groups excluding tert-OH is 1. The van der Waals surface area contributed by atoms with Crippen LogP contribution in [0.25, 0.3) is 0 Å². The van der Waals surface area contributed by atoms with Crippen molar-refractivity contribution in [2.24, 2.45) is 0 Å². The van der Waals surface area contributed by atoms with Crippen molar-refractivity contribution in [1.29, 1.82) is 0 Å². The van der Waals surface area contributed by atoms with Crippen LogP contribution >= 0.6 is 0 Å². The van der Waals surface area contributed by atoms with Crippen molar-refractivity contribution in [1.82, 2.24) is 9.88 Å². The van der Waals surface area contributed by atoms with Gasteiger partial charge in [-0.25, -0.2) is 0 Å². The van der Waals surface area contributed by atoms with E-state index in [1.54, 1.807) is 6.20 Å². The first-order valence-corrected chi connectivity index (χ1v) is 6.36. The largest absolute Gasteiger partial charge is 0.390 e. The normalized spacial score (nSPS) is 16.8. The zero-order valence-corrected chi connectivity index (χ0v) is 10.9. The molecule has 0 spiro atoms. The van der Waals surface area contributed by atoms with Gasteiger partial charge in [0.25, 0.3) is 0 Å².